The van der Waals surface area contributed by atoms with Gasteiger partial charge in [0.05, 0.1) is 0 Å². The van der Waals surface area contributed by atoms with Gasteiger partial charge in [-0.1, -0.05) is 18.5 Å². The number of carbonyl (C=O) groups is 1. The Hall–Kier alpha value is -0.840. The minimum absolute atomic E-state index is 0.0720. The van der Waals surface area contributed by atoms with Gasteiger partial charge < -0.3 is 10.4 Å². The maximum atomic E-state index is 13.5. The van der Waals surface area contributed by atoms with Crippen molar-refractivity contribution in [3.8, 4) is 0 Å². The Kier molecular flexibility index (Phi) is 5.18. The summed E-state index contributed by atoms with van der Waals surface area (Å²) in [5, 5.41) is 12.8. The van der Waals surface area contributed by atoms with Gasteiger partial charge in [-0.25, -0.2) is 4.39 Å². The summed E-state index contributed by atoms with van der Waals surface area (Å²) in [5.74, 6) is -1.67. The zero-order valence-corrected chi connectivity index (χ0v) is 12.4. The second-order valence-corrected chi connectivity index (χ2v) is 5.21. The van der Waals surface area contributed by atoms with Gasteiger partial charge in [-0.3, -0.25) is 4.79 Å². The summed E-state index contributed by atoms with van der Waals surface area (Å²) in [5.41, 5.74) is -0.748. The van der Waals surface area contributed by atoms with Gasteiger partial charge in [-0.05, 0) is 30.2 Å². The molecule has 3 nitrogen and oxygen atoms in total. The minimum atomic E-state index is -1.69. The number of benzene rings is 1. The molecule has 0 spiro atoms. The highest BCUT2D eigenvalue weighted by Crippen LogP contribution is 2.35. The maximum Gasteiger partial charge on any atom is 0.252 e. The normalized spacial score (nSPS) is 15.7. The zero-order chi connectivity index (χ0) is 14.8. The van der Waals surface area contributed by atoms with Gasteiger partial charge in [0, 0.05) is 23.9 Å². The maximum absolute atomic E-state index is 13.5. The average Bonchev–Trinajstić information content (AvgIpc) is 2.35. The summed E-state index contributed by atoms with van der Waals surface area (Å²) in [6.45, 7) is 2.99. The van der Waals surface area contributed by atoms with Crippen molar-refractivity contribution in [2.45, 2.75) is 31.2 Å². The van der Waals surface area contributed by atoms with Crippen LogP contribution in [0, 0.1) is 5.82 Å². The molecule has 0 radical (unpaired) electrons. The molecule has 0 saturated heterocycles. The average molecular weight is 308 g/mol. The number of hydrogen-bond acceptors (Lipinski definition) is 2. The topological polar surface area (TPSA) is 49.3 Å². The van der Waals surface area contributed by atoms with Gasteiger partial charge in [0.25, 0.3) is 5.91 Å². The fraction of sp³-hybridized carbons (Fsp3) is 0.462. The molecule has 1 unspecified atom stereocenters. The molecule has 1 rings (SSSR count). The van der Waals surface area contributed by atoms with Gasteiger partial charge in [-0.2, -0.15) is 0 Å². The lowest BCUT2D eigenvalue weighted by atomic mass is 9.82. The first-order chi connectivity index (χ1) is 8.75. The van der Waals surface area contributed by atoms with E-state index >= 15 is 0 Å². The predicted molar refractivity (Wildman–Crippen MR) is 74.1 cm³/mol. The molecule has 19 heavy (non-hydrogen) atoms. The van der Waals surface area contributed by atoms with E-state index in [2.05, 4.69) is 5.32 Å². The monoisotopic (exact) mass is 307 g/mol. The van der Waals surface area contributed by atoms with Crippen molar-refractivity contribution in [3.05, 3.63) is 34.1 Å². The third-order valence-corrected chi connectivity index (χ3v) is 3.93. The van der Waals surface area contributed by atoms with E-state index in [4.69, 9.17) is 23.2 Å². The van der Waals surface area contributed by atoms with Crippen LogP contribution >= 0.6 is 23.2 Å². The Morgan fingerprint density at radius 1 is 1.58 bits per heavy atom. The third kappa shape index (κ3) is 3.19. The van der Waals surface area contributed by atoms with Crippen LogP contribution in [0.3, 0.4) is 0 Å². The van der Waals surface area contributed by atoms with Gasteiger partial charge in [-0.15, -0.1) is 11.6 Å². The number of aliphatic hydroxyl groups is 1. The fourth-order valence-electron chi connectivity index (χ4n) is 1.90. The lowest BCUT2D eigenvalue weighted by Crippen LogP contribution is -2.47. The van der Waals surface area contributed by atoms with Crippen LogP contribution in [0.1, 0.15) is 30.9 Å². The molecular formula is C13H16Cl2FNO2. The van der Waals surface area contributed by atoms with Crippen molar-refractivity contribution in [2.75, 3.05) is 7.05 Å². The van der Waals surface area contributed by atoms with Crippen LogP contribution < -0.4 is 5.32 Å². The molecule has 0 saturated carbocycles. The molecule has 0 bridgehead atoms. The number of hydrogen-bond donors (Lipinski definition) is 2. The summed E-state index contributed by atoms with van der Waals surface area (Å²) in [6.07, 6.45) is 0. The lowest BCUT2D eigenvalue weighted by molar-refractivity contribution is -0.139. The number of halogens is 3. The predicted octanol–water partition coefficient (Wildman–Crippen LogP) is 2.82. The number of carbonyl (C=O) groups excluding carboxylic acids is 1. The van der Waals surface area contributed by atoms with Crippen molar-refractivity contribution in [2.24, 2.45) is 0 Å². The van der Waals surface area contributed by atoms with Crippen LogP contribution in [-0.2, 0) is 10.7 Å². The number of nitrogens with one attached hydrogen (secondary N) is 1. The molecule has 6 heteroatoms. The van der Waals surface area contributed by atoms with Gasteiger partial charge in [0.15, 0.2) is 0 Å². The first kappa shape index (κ1) is 16.2. The Balaban J connectivity index is 3.33. The van der Waals surface area contributed by atoms with Crippen molar-refractivity contribution >= 4 is 29.1 Å². The van der Waals surface area contributed by atoms with E-state index in [0.717, 1.165) is 6.07 Å². The van der Waals surface area contributed by atoms with E-state index < -0.39 is 23.2 Å². The molecule has 1 aromatic carbocycles. The van der Waals surface area contributed by atoms with Gasteiger partial charge >= 0.3 is 0 Å². The van der Waals surface area contributed by atoms with Crippen LogP contribution in [0.4, 0.5) is 4.39 Å². The Bertz CT molecular complexity index is 492. The van der Waals surface area contributed by atoms with Crippen molar-refractivity contribution in [1.82, 2.24) is 5.32 Å². The first-order valence-electron chi connectivity index (χ1n) is 5.74. The molecule has 2 N–H and O–H groups in total. The second kappa shape index (κ2) is 6.07. The van der Waals surface area contributed by atoms with Crippen molar-refractivity contribution in [3.63, 3.8) is 0 Å². The molecule has 0 aliphatic carbocycles. The quantitative estimate of drug-likeness (QED) is 0.840. The van der Waals surface area contributed by atoms with E-state index in [1.165, 1.54) is 20.0 Å². The smallest absolute Gasteiger partial charge is 0.252 e. The number of likely N-dealkylation sites (N-methyl/N-ethyl adjacent to an activating group) is 1. The molecule has 0 fully saturated rings. The summed E-state index contributed by atoms with van der Waals surface area (Å²) in [7, 11) is 1.42. The third-order valence-electron chi connectivity index (χ3n) is 3.32. The van der Waals surface area contributed by atoms with Crippen LogP contribution in [0.5, 0.6) is 0 Å². The number of alkyl halides is 1. The Morgan fingerprint density at radius 2 is 2.16 bits per heavy atom. The number of rotatable bonds is 4. The highest BCUT2D eigenvalue weighted by molar-refractivity contribution is 6.32. The lowest BCUT2D eigenvalue weighted by Gasteiger charge is -2.30. The van der Waals surface area contributed by atoms with E-state index in [0.29, 0.717) is 11.1 Å². The highest BCUT2D eigenvalue weighted by Gasteiger charge is 2.38. The molecule has 0 aromatic heterocycles. The standard InChI is InChI=1S/C13H16Cl2FNO2/c1-7(13(2,19)12(18)17-3)9-4-8(16)5-11(15)10(9)6-14/h4-5,7,19H,6H2,1-3H3,(H,17,18)/t7-,13?/m0/s1. The summed E-state index contributed by atoms with van der Waals surface area (Å²) in [6, 6.07) is 2.40. The van der Waals surface area contributed by atoms with E-state index in [-0.39, 0.29) is 10.9 Å². The molecule has 106 valence electrons. The van der Waals surface area contributed by atoms with Gasteiger partial charge in [0.2, 0.25) is 0 Å². The Labute approximate surface area is 121 Å². The van der Waals surface area contributed by atoms with E-state index in [1.54, 1.807) is 6.92 Å². The van der Waals surface area contributed by atoms with Crippen LogP contribution in [0.2, 0.25) is 5.02 Å². The molecule has 1 amide bonds. The van der Waals surface area contributed by atoms with Crippen molar-refractivity contribution < 1.29 is 14.3 Å². The molecule has 0 heterocycles. The highest BCUT2D eigenvalue weighted by atomic mass is 35.5. The SMILES string of the molecule is CNC(=O)C(C)(O)[C@@H](C)c1cc(F)cc(Cl)c1CCl. The molecular weight excluding hydrogens is 292 g/mol. The van der Waals surface area contributed by atoms with Gasteiger partial charge in [0.1, 0.15) is 11.4 Å². The number of amides is 1. The molecule has 0 aliphatic heterocycles. The van der Waals surface area contributed by atoms with E-state index in [1.807, 2.05) is 0 Å². The molecule has 2 atom stereocenters. The van der Waals surface area contributed by atoms with Crippen LogP contribution in [0.15, 0.2) is 12.1 Å². The molecule has 0 aliphatic rings. The largest absolute Gasteiger partial charge is 0.380 e. The minimum Gasteiger partial charge on any atom is -0.380 e. The summed E-state index contributed by atoms with van der Waals surface area (Å²) in [4.78, 5) is 11.7. The zero-order valence-electron chi connectivity index (χ0n) is 10.9. The molecule has 1 aromatic rings. The summed E-state index contributed by atoms with van der Waals surface area (Å²) >= 11 is 11.7. The van der Waals surface area contributed by atoms with Crippen LogP contribution in [-0.4, -0.2) is 23.7 Å². The second-order valence-electron chi connectivity index (χ2n) is 4.54. The van der Waals surface area contributed by atoms with Crippen molar-refractivity contribution in [1.29, 1.82) is 0 Å². The van der Waals surface area contributed by atoms with Crippen LogP contribution in [0.25, 0.3) is 0 Å². The summed E-state index contributed by atoms with van der Waals surface area (Å²) < 4.78 is 13.5. The fourth-order valence-corrected chi connectivity index (χ4v) is 2.55. The first-order valence-corrected chi connectivity index (χ1v) is 6.65. The van der Waals surface area contributed by atoms with E-state index in [9.17, 15) is 14.3 Å². The Morgan fingerprint density at radius 3 is 2.63 bits per heavy atom.